The average Bonchev–Trinajstić information content (AvgIpc) is 3.34. The summed E-state index contributed by atoms with van der Waals surface area (Å²) in [5.41, 5.74) is 3.45. The summed E-state index contributed by atoms with van der Waals surface area (Å²) < 4.78 is 13.9. The number of hydrogen-bond donors (Lipinski definition) is 0. The Morgan fingerprint density at radius 1 is 1.04 bits per heavy atom. The van der Waals surface area contributed by atoms with E-state index >= 15 is 0 Å². The zero-order chi connectivity index (χ0) is 18.5. The zero-order valence-corrected chi connectivity index (χ0v) is 15.5. The van der Waals surface area contributed by atoms with Gasteiger partial charge in [-0.1, -0.05) is 48.5 Å². The number of aliphatic imine (C=N–C) groups is 1. The number of hydrogen-bond acceptors (Lipinski definition) is 3. The zero-order valence-electron chi connectivity index (χ0n) is 15.5. The third-order valence-corrected chi connectivity index (χ3v) is 4.69. The first-order valence-electron chi connectivity index (χ1n) is 9.44. The smallest absolute Gasteiger partial charge is 0.233 e. The molecule has 138 valence electrons. The van der Waals surface area contributed by atoms with Gasteiger partial charge in [-0.25, -0.2) is 4.99 Å². The summed E-state index contributed by atoms with van der Waals surface area (Å²) in [5, 5.41) is 0. The van der Waals surface area contributed by atoms with E-state index in [1.54, 1.807) is 0 Å². The molecule has 1 aliphatic heterocycles. The topological polar surface area (TPSA) is 35.8 Å². The highest BCUT2D eigenvalue weighted by Gasteiger charge is 2.22. The van der Waals surface area contributed by atoms with Crippen molar-refractivity contribution in [1.82, 2.24) is 4.57 Å². The lowest BCUT2D eigenvalue weighted by Crippen LogP contribution is -2.11. The van der Waals surface area contributed by atoms with Crippen molar-refractivity contribution in [2.24, 2.45) is 4.99 Å². The van der Waals surface area contributed by atoms with Crippen LogP contribution in [0, 0.1) is 0 Å². The molecule has 1 aliphatic rings. The van der Waals surface area contributed by atoms with Gasteiger partial charge in [0, 0.05) is 11.8 Å². The Labute approximate surface area is 160 Å². The molecule has 1 unspecified atom stereocenters. The SMILES string of the molecule is CCOc1ccccc1Cn1cccc1C1=NC(Cc2ccccc2)CO1. The van der Waals surface area contributed by atoms with E-state index in [2.05, 4.69) is 47.2 Å². The van der Waals surface area contributed by atoms with E-state index in [4.69, 9.17) is 14.5 Å². The lowest BCUT2D eigenvalue weighted by atomic mass is 10.1. The summed E-state index contributed by atoms with van der Waals surface area (Å²) in [6, 6.07) is 22.9. The molecule has 0 N–H and O–H groups in total. The maximum Gasteiger partial charge on any atom is 0.233 e. The van der Waals surface area contributed by atoms with Crippen LogP contribution in [-0.4, -0.2) is 29.7 Å². The largest absolute Gasteiger partial charge is 0.494 e. The number of aromatic nitrogens is 1. The highest BCUT2D eigenvalue weighted by Crippen LogP contribution is 2.22. The van der Waals surface area contributed by atoms with Crippen molar-refractivity contribution in [2.75, 3.05) is 13.2 Å². The molecule has 27 heavy (non-hydrogen) atoms. The van der Waals surface area contributed by atoms with Gasteiger partial charge < -0.3 is 14.0 Å². The van der Waals surface area contributed by atoms with Crippen molar-refractivity contribution in [3.8, 4) is 5.75 Å². The molecule has 0 spiro atoms. The van der Waals surface area contributed by atoms with Crippen LogP contribution in [0.4, 0.5) is 0 Å². The van der Waals surface area contributed by atoms with Gasteiger partial charge in [0.25, 0.3) is 0 Å². The van der Waals surface area contributed by atoms with Gasteiger partial charge in [0.15, 0.2) is 0 Å². The van der Waals surface area contributed by atoms with Crippen LogP contribution in [0.5, 0.6) is 5.75 Å². The van der Waals surface area contributed by atoms with Gasteiger partial charge in [-0.15, -0.1) is 0 Å². The van der Waals surface area contributed by atoms with Gasteiger partial charge in [0.05, 0.1) is 19.2 Å². The van der Waals surface area contributed by atoms with E-state index in [1.807, 2.05) is 37.3 Å². The van der Waals surface area contributed by atoms with Crippen LogP contribution < -0.4 is 4.74 Å². The van der Waals surface area contributed by atoms with Crippen LogP contribution in [0.3, 0.4) is 0 Å². The van der Waals surface area contributed by atoms with Gasteiger partial charge in [-0.05, 0) is 37.1 Å². The molecular formula is C23H24N2O2. The summed E-state index contributed by atoms with van der Waals surface area (Å²) in [6.07, 6.45) is 2.96. The van der Waals surface area contributed by atoms with E-state index in [0.717, 1.165) is 35.9 Å². The lowest BCUT2D eigenvalue weighted by molar-refractivity contribution is 0.315. The number of rotatable bonds is 7. The molecule has 4 nitrogen and oxygen atoms in total. The fourth-order valence-corrected chi connectivity index (χ4v) is 3.41. The Balaban J connectivity index is 1.52. The summed E-state index contributed by atoms with van der Waals surface area (Å²) >= 11 is 0. The monoisotopic (exact) mass is 360 g/mol. The fourth-order valence-electron chi connectivity index (χ4n) is 3.41. The van der Waals surface area contributed by atoms with Crippen molar-refractivity contribution in [1.29, 1.82) is 0 Å². The molecule has 4 heteroatoms. The third-order valence-electron chi connectivity index (χ3n) is 4.69. The van der Waals surface area contributed by atoms with Gasteiger partial charge in [0.1, 0.15) is 18.1 Å². The second-order valence-electron chi connectivity index (χ2n) is 6.65. The second-order valence-corrected chi connectivity index (χ2v) is 6.65. The molecule has 2 aromatic carbocycles. The molecule has 1 aromatic heterocycles. The maximum absolute atomic E-state index is 5.94. The van der Waals surface area contributed by atoms with Crippen molar-refractivity contribution in [3.05, 3.63) is 89.7 Å². The van der Waals surface area contributed by atoms with Gasteiger partial charge in [-0.2, -0.15) is 0 Å². The Morgan fingerprint density at radius 2 is 1.85 bits per heavy atom. The van der Waals surface area contributed by atoms with Crippen LogP contribution >= 0.6 is 0 Å². The predicted molar refractivity (Wildman–Crippen MR) is 108 cm³/mol. The fraction of sp³-hybridized carbons (Fsp3) is 0.261. The van der Waals surface area contributed by atoms with E-state index < -0.39 is 0 Å². The van der Waals surface area contributed by atoms with Crippen molar-refractivity contribution < 1.29 is 9.47 Å². The molecule has 0 bridgehead atoms. The van der Waals surface area contributed by atoms with Crippen LogP contribution in [0.2, 0.25) is 0 Å². The number of benzene rings is 2. The third kappa shape index (κ3) is 4.05. The molecule has 0 amide bonds. The standard InChI is InChI=1S/C23H24N2O2/c1-2-26-22-13-7-6-11-19(22)16-25-14-8-12-21(25)23-24-20(17-27-23)15-18-9-4-3-5-10-18/h3-14,20H,2,15-17H2,1H3. The summed E-state index contributed by atoms with van der Waals surface area (Å²) in [5.74, 6) is 1.66. The minimum absolute atomic E-state index is 0.168. The van der Waals surface area contributed by atoms with Crippen molar-refractivity contribution >= 4 is 5.90 Å². The van der Waals surface area contributed by atoms with E-state index in [1.165, 1.54) is 5.56 Å². The van der Waals surface area contributed by atoms with E-state index in [0.29, 0.717) is 13.2 Å². The maximum atomic E-state index is 5.94. The molecule has 0 fully saturated rings. The second kappa shape index (κ2) is 8.12. The van der Waals surface area contributed by atoms with Crippen LogP contribution in [0.25, 0.3) is 0 Å². The Bertz CT molecular complexity index is 915. The van der Waals surface area contributed by atoms with Gasteiger partial charge >= 0.3 is 0 Å². The van der Waals surface area contributed by atoms with Crippen LogP contribution in [0.15, 0.2) is 77.9 Å². The van der Waals surface area contributed by atoms with Gasteiger partial charge in [0.2, 0.25) is 5.90 Å². The first kappa shape index (κ1) is 17.4. The lowest BCUT2D eigenvalue weighted by Gasteiger charge is -2.13. The quantitative estimate of drug-likeness (QED) is 0.629. The Kier molecular flexibility index (Phi) is 5.24. The minimum Gasteiger partial charge on any atom is -0.494 e. The molecule has 0 aliphatic carbocycles. The van der Waals surface area contributed by atoms with Crippen molar-refractivity contribution in [2.45, 2.75) is 25.9 Å². The summed E-state index contributed by atoms with van der Waals surface area (Å²) in [4.78, 5) is 4.83. The highest BCUT2D eigenvalue weighted by molar-refractivity contribution is 5.93. The summed E-state index contributed by atoms with van der Waals surface area (Å²) in [6.45, 7) is 4.02. The molecule has 0 saturated carbocycles. The predicted octanol–water partition coefficient (Wildman–Crippen LogP) is 4.32. The van der Waals surface area contributed by atoms with Crippen LogP contribution in [-0.2, 0) is 17.7 Å². The number of ether oxygens (including phenoxy) is 2. The highest BCUT2D eigenvalue weighted by atomic mass is 16.5. The van der Waals surface area contributed by atoms with Crippen molar-refractivity contribution in [3.63, 3.8) is 0 Å². The molecule has 4 rings (SSSR count). The Morgan fingerprint density at radius 3 is 2.70 bits per heavy atom. The van der Waals surface area contributed by atoms with Crippen LogP contribution in [0.1, 0.15) is 23.7 Å². The molecule has 3 aromatic rings. The van der Waals surface area contributed by atoms with Gasteiger partial charge in [-0.3, -0.25) is 0 Å². The summed E-state index contributed by atoms with van der Waals surface area (Å²) in [7, 11) is 0. The number of nitrogens with zero attached hydrogens (tertiary/aromatic N) is 2. The average molecular weight is 360 g/mol. The van der Waals surface area contributed by atoms with E-state index in [-0.39, 0.29) is 6.04 Å². The molecule has 0 saturated heterocycles. The minimum atomic E-state index is 0.168. The normalized spacial score (nSPS) is 16.0. The first-order valence-corrected chi connectivity index (χ1v) is 9.44. The Hall–Kier alpha value is -3.01. The molecule has 2 heterocycles. The first-order chi connectivity index (χ1) is 13.3. The number of para-hydroxylation sites is 1. The van der Waals surface area contributed by atoms with E-state index in [9.17, 15) is 0 Å². The molecule has 0 radical (unpaired) electrons. The molecule has 1 atom stereocenters. The molecular weight excluding hydrogens is 336 g/mol.